The van der Waals surface area contributed by atoms with E-state index in [4.69, 9.17) is 4.42 Å². The van der Waals surface area contributed by atoms with Crippen molar-refractivity contribution in [3.05, 3.63) is 66.1 Å². The molecule has 0 bridgehead atoms. The highest BCUT2D eigenvalue weighted by Gasteiger charge is 2.27. The van der Waals surface area contributed by atoms with E-state index in [9.17, 15) is 4.79 Å². The predicted octanol–water partition coefficient (Wildman–Crippen LogP) is 4.51. The molecule has 1 aliphatic carbocycles. The number of hydrogen-bond acceptors (Lipinski definition) is 3. The Bertz CT molecular complexity index is 1020. The molecule has 5 rings (SSSR count). The van der Waals surface area contributed by atoms with Gasteiger partial charge in [0.1, 0.15) is 5.69 Å². The van der Waals surface area contributed by atoms with Crippen LogP contribution in [0.15, 0.2) is 59.2 Å². The lowest BCUT2D eigenvalue weighted by Gasteiger charge is -2.34. The zero-order chi connectivity index (χ0) is 20.3. The van der Waals surface area contributed by atoms with Crippen LogP contribution < -0.4 is 0 Å². The van der Waals surface area contributed by atoms with Gasteiger partial charge in [0.05, 0.1) is 11.8 Å². The summed E-state index contributed by atoms with van der Waals surface area (Å²) in [4.78, 5) is 17.7. The second-order valence-electron chi connectivity index (χ2n) is 8.51. The van der Waals surface area contributed by atoms with E-state index in [1.807, 2.05) is 23.1 Å². The first-order valence-electron chi connectivity index (χ1n) is 11.1. The highest BCUT2D eigenvalue weighted by molar-refractivity contribution is 5.97. The molecule has 1 saturated carbocycles. The molecule has 0 atom stereocenters. The maximum Gasteiger partial charge on any atom is 0.270 e. The quantitative estimate of drug-likeness (QED) is 0.608. The minimum Gasteiger partial charge on any atom is -0.463 e. The van der Waals surface area contributed by atoms with Crippen molar-refractivity contribution >= 4 is 23.1 Å². The van der Waals surface area contributed by atoms with Crippen molar-refractivity contribution in [3.8, 4) is 0 Å². The topological polar surface area (TPSA) is 41.6 Å². The minimum absolute atomic E-state index is 0.139. The Hall–Kier alpha value is -2.79. The van der Waals surface area contributed by atoms with Crippen molar-refractivity contribution in [2.45, 2.75) is 25.8 Å². The molecule has 3 heterocycles. The van der Waals surface area contributed by atoms with Crippen LogP contribution in [-0.4, -0.2) is 53.0 Å². The van der Waals surface area contributed by atoms with Gasteiger partial charge in [-0.05, 0) is 24.3 Å². The molecule has 2 aliphatic rings. The Morgan fingerprint density at radius 1 is 1.07 bits per heavy atom. The Labute approximate surface area is 177 Å². The van der Waals surface area contributed by atoms with Gasteiger partial charge in [0.25, 0.3) is 5.91 Å². The van der Waals surface area contributed by atoms with Gasteiger partial charge in [0, 0.05) is 51.4 Å². The number of aromatic nitrogens is 1. The van der Waals surface area contributed by atoms with E-state index in [2.05, 4.69) is 45.9 Å². The number of carbonyl (C=O) groups is 1. The monoisotopic (exact) mass is 403 g/mol. The van der Waals surface area contributed by atoms with Crippen molar-refractivity contribution in [2.24, 2.45) is 5.92 Å². The number of hydrogen-bond donors (Lipinski definition) is 0. The summed E-state index contributed by atoms with van der Waals surface area (Å²) in [5.74, 6) is 0.829. The number of piperazine rings is 1. The molecule has 2 fully saturated rings. The number of benzene rings is 1. The molecule has 0 radical (unpaired) electrons. The van der Waals surface area contributed by atoms with Crippen LogP contribution in [0.5, 0.6) is 0 Å². The SMILES string of the molecule is O=C(c1cc2occc2n1CC1CCC1)N1CCN(C/C=C/c2ccccc2)CC1. The second-order valence-corrected chi connectivity index (χ2v) is 8.51. The van der Waals surface area contributed by atoms with E-state index in [1.54, 1.807) is 6.26 Å². The summed E-state index contributed by atoms with van der Waals surface area (Å²) in [5, 5.41) is 0. The predicted molar refractivity (Wildman–Crippen MR) is 119 cm³/mol. The Kier molecular flexibility index (Phi) is 5.45. The largest absolute Gasteiger partial charge is 0.463 e. The fraction of sp³-hybridized carbons (Fsp3) is 0.400. The van der Waals surface area contributed by atoms with E-state index in [1.165, 1.54) is 24.8 Å². The zero-order valence-corrected chi connectivity index (χ0v) is 17.4. The zero-order valence-electron chi connectivity index (χ0n) is 17.4. The van der Waals surface area contributed by atoms with E-state index < -0.39 is 0 Å². The van der Waals surface area contributed by atoms with Gasteiger partial charge >= 0.3 is 0 Å². The number of rotatable bonds is 6. The summed E-state index contributed by atoms with van der Waals surface area (Å²) in [6.45, 7) is 5.20. The fourth-order valence-electron chi connectivity index (χ4n) is 4.48. The number of furan rings is 1. The molecule has 1 aliphatic heterocycles. The van der Waals surface area contributed by atoms with Gasteiger partial charge in [-0.2, -0.15) is 0 Å². The van der Waals surface area contributed by atoms with Gasteiger partial charge in [-0.3, -0.25) is 9.69 Å². The van der Waals surface area contributed by atoms with E-state index >= 15 is 0 Å². The summed E-state index contributed by atoms with van der Waals surface area (Å²) in [7, 11) is 0. The van der Waals surface area contributed by atoms with Crippen LogP contribution in [-0.2, 0) is 6.54 Å². The van der Waals surface area contributed by atoms with E-state index in [-0.39, 0.29) is 5.91 Å². The van der Waals surface area contributed by atoms with Crippen molar-refractivity contribution < 1.29 is 9.21 Å². The maximum atomic E-state index is 13.3. The lowest BCUT2D eigenvalue weighted by molar-refractivity contribution is 0.0638. The Morgan fingerprint density at radius 2 is 1.87 bits per heavy atom. The Balaban J connectivity index is 1.21. The van der Waals surface area contributed by atoms with Crippen LogP contribution in [0.3, 0.4) is 0 Å². The van der Waals surface area contributed by atoms with Gasteiger partial charge in [0.15, 0.2) is 5.58 Å². The van der Waals surface area contributed by atoms with Crippen LogP contribution in [0.1, 0.15) is 35.3 Å². The van der Waals surface area contributed by atoms with Crippen molar-refractivity contribution in [3.63, 3.8) is 0 Å². The van der Waals surface area contributed by atoms with Gasteiger partial charge in [-0.25, -0.2) is 0 Å². The summed E-state index contributed by atoms with van der Waals surface area (Å²) in [6, 6.07) is 14.3. The third-order valence-corrected chi connectivity index (χ3v) is 6.54. The number of nitrogens with zero attached hydrogens (tertiary/aromatic N) is 3. The van der Waals surface area contributed by atoms with Crippen molar-refractivity contribution in [1.82, 2.24) is 14.4 Å². The lowest BCUT2D eigenvalue weighted by atomic mass is 9.85. The van der Waals surface area contributed by atoms with Crippen LogP contribution in [0.2, 0.25) is 0 Å². The molecule has 2 aromatic heterocycles. The molecular weight excluding hydrogens is 374 g/mol. The first-order valence-corrected chi connectivity index (χ1v) is 11.1. The summed E-state index contributed by atoms with van der Waals surface area (Å²) in [5.41, 5.74) is 3.88. The fourth-order valence-corrected chi connectivity index (χ4v) is 4.48. The van der Waals surface area contributed by atoms with Gasteiger partial charge in [-0.1, -0.05) is 48.9 Å². The first-order chi connectivity index (χ1) is 14.8. The lowest BCUT2D eigenvalue weighted by Crippen LogP contribution is -2.49. The third-order valence-electron chi connectivity index (χ3n) is 6.54. The number of amides is 1. The molecule has 1 amide bonds. The molecule has 5 nitrogen and oxygen atoms in total. The summed E-state index contributed by atoms with van der Waals surface area (Å²) < 4.78 is 7.79. The standard InChI is InChI=1S/C25H29N3O2/c29-25(23-18-24-22(11-17-30-24)28(23)19-21-8-4-9-21)27-15-13-26(14-16-27)12-5-10-20-6-2-1-3-7-20/h1-3,5-7,10-11,17-18,21H,4,8-9,12-16,19H2/b10-5+. The molecule has 5 heteroatoms. The van der Waals surface area contributed by atoms with Crippen molar-refractivity contribution in [1.29, 1.82) is 0 Å². The van der Waals surface area contributed by atoms with Crippen LogP contribution >= 0.6 is 0 Å². The molecular formula is C25H29N3O2. The summed E-state index contributed by atoms with van der Waals surface area (Å²) in [6.07, 6.45) is 9.94. The average Bonchev–Trinajstić information content (AvgIpc) is 3.33. The van der Waals surface area contributed by atoms with Crippen LogP contribution in [0, 0.1) is 5.92 Å². The van der Waals surface area contributed by atoms with Gasteiger partial charge in [0.2, 0.25) is 0 Å². The molecule has 0 unspecified atom stereocenters. The Morgan fingerprint density at radius 3 is 2.60 bits per heavy atom. The van der Waals surface area contributed by atoms with Crippen LogP contribution in [0.4, 0.5) is 0 Å². The van der Waals surface area contributed by atoms with Gasteiger partial charge < -0.3 is 13.9 Å². The molecule has 30 heavy (non-hydrogen) atoms. The number of carbonyl (C=O) groups excluding carboxylic acids is 1. The average molecular weight is 404 g/mol. The minimum atomic E-state index is 0.139. The second kappa shape index (κ2) is 8.52. The summed E-state index contributed by atoms with van der Waals surface area (Å²) >= 11 is 0. The molecule has 3 aromatic rings. The highest BCUT2D eigenvalue weighted by atomic mass is 16.3. The molecule has 0 spiro atoms. The van der Waals surface area contributed by atoms with Crippen LogP contribution in [0.25, 0.3) is 17.2 Å². The molecule has 1 aromatic carbocycles. The first kappa shape index (κ1) is 19.2. The van der Waals surface area contributed by atoms with Crippen molar-refractivity contribution in [2.75, 3.05) is 32.7 Å². The van der Waals surface area contributed by atoms with Gasteiger partial charge in [-0.15, -0.1) is 0 Å². The maximum absolute atomic E-state index is 13.3. The normalized spacial score (nSPS) is 18.3. The molecule has 1 saturated heterocycles. The third kappa shape index (κ3) is 3.94. The highest BCUT2D eigenvalue weighted by Crippen LogP contribution is 2.31. The smallest absolute Gasteiger partial charge is 0.270 e. The molecule has 156 valence electrons. The number of fused-ring (bicyclic) bond motifs is 1. The van der Waals surface area contributed by atoms with E-state index in [0.717, 1.165) is 56.1 Å². The molecule has 0 N–H and O–H groups in total. The van der Waals surface area contributed by atoms with E-state index in [0.29, 0.717) is 5.92 Å².